The minimum absolute atomic E-state index is 0.0599. The van der Waals surface area contributed by atoms with Gasteiger partial charge in [-0.3, -0.25) is 14.9 Å². The first kappa shape index (κ1) is 15.2. The van der Waals surface area contributed by atoms with E-state index in [1.807, 2.05) is 6.92 Å². The summed E-state index contributed by atoms with van der Waals surface area (Å²) in [6, 6.07) is 4.64. The average Bonchev–Trinajstić information content (AvgIpc) is 2.90. The van der Waals surface area contributed by atoms with Crippen LogP contribution in [0.25, 0.3) is 0 Å². The highest BCUT2D eigenvalue weighted by atomic mass is 16.6. The Labute approximate surface area is 123 Å². The number of hydrogen-bond donors (Lipinski definition) is 1. The minimum Gasteiger partial charge on any atom is -0.383 e. The van der Waals surface area contributed by atoms with Crippen LogP contribution in [0.15, 0.2) is 18.2 Å². The van der Waals surface area contributed by atoms with Gasteiger partial charge in [0, 0.05) is 20.7 Å². The topological polar surface area (TPSA) is 84.7 Å². The summed E-state index contributed by atoms with van der Waals surface area (Å²) in [4.78, 5) is 24.9. The molecule has 0 saturated carbocycles. The van der Waals surface area contributed by atoms with E-state index in [2.05, 4.69) is 5.32 Å². The Kier molecular flexibility index (Phi) is 4.42. The number of para-hydroxylation sites is 1. The van der Waals surface area contributed by atoms with Gasteiger partial charge in [0.25, 0.3) is 5.91 Å². The van der Waals surface area contributed by atoms with Crippen molar-refractivity contribution in [3.63, 3.8) is 0 Å². The molecule has 1 saturated heterocycles. The third kappa shape index (κ3) is 2.82. The fourth-order valence-corrected chi connectivity index (χ4v) is 2.68. The number of carbonyl (C=O) groups is 1. The largest absolute Gasteiger partial charge is 0.383 e. The fraction of sp³-hybridized carbons (Fsp3) is 0.500. The first-order chi connectivity index (χ1) is 9.97. The van der Waals surface area contributed by atoms with Crippen LogP contribution in [0.2, 0.25) is 0 Å². The van der Waals surface area contributed by atoms with Crippen molar-refractivity contribution in [3.8, 4) is 0 Å². The van der Waals surface area contributed by atoms with Gasteiger partial charge in [0.05, 0.1) is 17.1 Å². The highest BCUT2D eigenvalue weighted by Crippen LogP contribution is 2.30. The maximum atomic E-state index is 12.6. The summed E-state index contributed by atoms with van der Waals surface area (Å²) in [6.07, 6.45) is 0.675. The van der Waals surface area contributed by atoms with Gasteiger partial charge in [0.2, 0.25) is 0 Å². The van der Waals surface area contributed by atoms with Crippen LogP contribution >= 0.6 is 0 Å². The standard InChI is InChI=1S/C14H19N3O4/c1-9-12(7-8-21-9)16(3)14(18)10-5-4-6-11(15-2)13(10)17(19)20/h4-6,9,12,15H,7-8H2,1-3H3. The van der Waals surface area contributed by atoms with Gasteiger partial charge in [0.1, 0.15) is 11.3 Å². The number of carbonyl (C=O) groups excluding carboxylic acids is 1. The van der Waals surface area contributed by atoms with Crippen LogP contribution in [-0.2, 0) is 4.74 Å². The molecule has 0 aliphatic carbocycles. The molecular formula is C14H19N3O4. The SMILES string of the molecule is CNc1cccc(C(=O)N(C)C2CCOC2C)c1[N+](=O)[O-]. The van der Waals surface area contributed by atoms with Crippen LogP contribution < -0.4 is 5.32 Å². The van der Waals surface area contributed by atoms with Crippen LogP contribution in [0, 0.1) is 10.1 Å². The molecule has 2 atom stereocenters. The van der Waals surface area contributed by atoms with E-state index in [0.717, 1.165) is 6.42 Å². The van der Waals surface area contributed by atoms with Crippen molar-refractivity contribution < 1.29 is 14.5 Å². The van der Waals surface area contributed by atoms with Crippen molar-refractivity contribution in [3.05, 3.63) is 33.9 Å². The second-order valence-electron chi connectivity index (χ2n) is 5.06. The predicted octanol–water partition coefficient (Wildman–Crippen LogP) is 1.89. The molecule has 1 aliphatic heterocycles. The average molecular weight is 293 g/mol. The van der Waals surface area contributed by atoms with Gasteiger partial charge < -0.3 is 15.0 Å². The van der Waals surface area contributed by atoms with E-state index in [1.54, 1.807) is 31.1 Å². The third-order valence-electron chi connectivity index (χ3n) is 3.87. The second-order valence-corrected chi connectivity index (χ2v) is 5.06. The molecule has 1 aromatic rings. The van der Waals surface area contributed by atoms with E-state index in [0.29, 0.717) is 12.3 Å². The summed E-state index contributed by atoms with van der Waals surface area (Å²) in [5, 5.41) is 14.0. The summed E-state index contributed by atoms with van der Waals surface area (Å²) < 4.78 is 5.46. The van der Waals surface area contributed by atoms with Gasteiger partial charge in [-0.2, -0.15) is 0 Å². The highest BCUT2D eigenvalue weighted by molar-refractivity contribution is 6.00. The Morgan fingerprint density at radius 1 is 1.52 bits per heavy atom. The number of amides is 1. The van der Waals surface area contributed by atoms with Crippen LogP contribution in [0.5, 0.6) is 0 Å². The molecule has 7 nitrogen and oxygen atoms in total. The normalized spacial score (nSPS) is 21.1. The van der Waals surface area contributed by atoms with Crippen molar-refractivity contribution in [1.82, 2.24) is 4.90 Å². The zero-order chi connectivity index (χ0) is 15.6. The molecule has 0 radical (unpaired) electrons. The lowest BCUT2D eigenvalue weighted by Crippen LogP contribution is -2.41. The summed E-state index contributed by atoms with van der Waals surface area (Å²) in [5.74, 6) is -0.360. The van der Waals surface area contributed by atoms with Crippen molar-refractivity contribution in [2.45, 2.75) is 25.5 Å². The van der Waals surface area contributed by atoms with Crippen LogP contribution in [0.1, 0.15) is 23.7 Å². The van der Waals surface area contributed by atoms with Gasteiger partial charge in [-0.05, 0) is 25.5 Å². The summed E-state index contributed by atoms with van der Waals surface area (Å²) in [7, 11) is 3.25. The van der Waals surface area contributed by atoms with Crippen LogP contribution in [-0.4, -0.2) is 48.6 Å². The highest BCUT2D eigenvalue weighted by Gasteiger charge is 2.34. The molecule has 0 spiro atoms. The molecule has 1 N–H and O–H groups in total. The quantitative estimate of drug-likeness (QED) is 0.677. The maximum absolute atomic E-state index is 12.6. The molecular weight excluding hydrogens is 274 g/mol. The number of nitrogens with zero attached hydrogens (tertiary/aromatic N) is 2. The smallest absolute Gasteiger partial charge is 0.305 e. The van der Waals surface area contributed by atoms with Crippen LogP contribution in [0.3, 0.4) is 0 Å². The first-order valence-corrected chi connectivity index (χ1v) is 6.81. The van der Waals surface area contributed by atoms with Crippen molar-refractivity contribution in [2.24, 2.45) is 0 Å². The maximum Gasteiger partial charge on any atom is 0.305 e. The van der Waals surface area contributed by atoms with Gasteiger partial charge in [-0.15, -0.1) is 0 Å². The van der Waals surface area contributed by atoms with E-state index in [4.69, 9.17) is 4.74 Å². The number of nitro groups is 1. The molecule has 114 valence electrons. The monoisotopic (exact) mass is 293 g/mol. The third-order valence-corrected chi connectivity index (χ3v) is 3.87. The predicted molar refractivity (Wildman–Crippen MR) is 78.6 cm³/mol. The molecule has 2 unspecified atom stereocenters. The van der Waals surface area contributed by atoms with Crippen molar-refractivity contribution >= 4 is 17.3 Å². The Morgan fingerprint density at radius 2 is 2.24 bits per heavy atom. The lowest BCUT2D eigenvalue weighted by Gasteiger charge is -2.26. The number of nitro benzene ring substituents is 1. The first-order valence-electron chi connectivity index (χ1n) is 6.81. The fourth-order valence-electron chi connectivity index (χ4n) is 2.68. The minimum atomic E-state index is -0.526. The Bertz CT molecular complexity index is 561. The van der Waals surface area contributed by atoms with Gasteiger partial charge >= 0.3 is 5.69 Å². The molecule has 7 heteroatoms. The molecule has 21 heavy (non-hydrogen) atoms. The lowest BCUT2D eigenvalue weighted by molar-refractivity contribution is -0.384. The molecule has 0 bridgehead atoms. The summed E-state index contributed by atoms with van der Waals surface area (Å²) in [6.45, 7) is 2.50. The van der Waals surface area contributed by atoms with Crippen molar-refractivity contribution in [2.75, 3.05) is 26.0 Å². The zero-order valence-corrected chi connectivity index (χ0v) is 12.3. The molecule has 1 aromatic carbocycles. The number of ether oxygens (including phenoxy) is 1. The summed E-state index contributed by atoms with van der Waals surface area (Å²) in [5.41, 5.74) is 0.229. The van der Waals surface area contributed by atoms with E-state index in [9.17, 15) is 14.9 Å². The van der Waals surface area contributed by atoms with E-state index in [-0.39, 0.29) is 29.3 Å². The molecule has 0 aromatic heterocycles. The lowest BCUT2D eigenvalue weighted by atomic mass is 10.1. The molecule has 1 fully saturated rings. The van der Waals surface area contributed by atoms with E-state index in [1.165, 1.54) is 6.07 Å². The van der Waals surface area contributed by atoms with Gasteiger partial charge in [-0.1, -0.05) is 6.07 Å². The Hall–Kier alpha value is -2.15. The Balaban J connectivity index is 2.37. The number of benzene rings is 1. The summed E-state index contributed by atoms with van der Waals surface area (Å²) >= 11 is 0. The Morgan fingerprint density at radius 3 is 2.76 bits per heavy atom. The number of rotatable bonds is 4. The zero-order valence-electron chi connectivity index (χ0n) is 12.3. The van der Waals surface area contributed by atoms with Gasteiger partial charge in [0.15, 0.2) is 0 Å². The van der Waals surface area contributed by atoms with Gasteiger partial charge in [-0.25, -0.2) is 0 Å². The second kappa shape index (κ2) is 6.09. The number of hydrogen-bond acceptors (Lipinski definition) is 5. The number of nitrogens with one attached hydrogen (secondary N) is 1. The molecule has 2 rings (SSSR count). The molecule has 1 aliphatic rings. The number of likely N-dealkylation sites (N-methyl/N-ethyl adjacent to an activating group) is 1. The van der Waals surface area contributed by atoms with Crippen molar-refractivity contribution in [1.29, 1.82) is 0 Å². The molecule has 1 heterocycles. The number of anilines is 1. The van der Waals surface area contributed by atoms with E-state index >= 15 is 0 Å². The molecule has 1 amide bonds. The van der Waals surface area contributed by atoms with E-state index < -0.39 is 4.92 Å². The van der Waals surface area contributed by atoms with Crippen LogP contribution in [0.4, 0.5) is 11.4 Å².